The van der Waals surface area contributed by atoms with Crippen LogP contribution in [-0.4, -0.2) is 31.1 Å². The molecule has 1 aliphatic heterocycles. The molecule has 0 aromatic heterocycles. The Bertz CT molecular complexity index is 1040. The molecule has 1 saturated heterocycles. The van der Waals surface area contributed by atoms with Gasteiger partial charge < -0.3 is 9.47 Å². The van der Waals surface area contributed by atoms with Crippen molar-refractivity contribution in [3.63, 3.8) is 0 Å². The number of thioether (sulfide) groups is 1. The molecule has 1 heterocycles. The molecule has 1 fully saturated rings. The van der Waals surface area contributed by atoms with E-state index >= 15 is 0 Å². The summed E-state index contributed by atoms with van der Waals surface area (Å²) in [4.78, 5) is 14.2. The molecule has 4 rings (SSSR count). The van der Waals surface area contributed by atoms with E-state index in [9.17, 15) is 4.79 Å². The SMILES string of the molecule is COc1ccc(N2C(=O)[C@@](OC)(SCc3ccccc3)[C@H]2/C=C/c2ccccc2)cc1. The van der Waals surface area contributed by atoms with Crippen molar-refractivity contribution >= 4 is 29.4 Å². The van der Waals surface area contributed by atoms with Gasteiger partial charge in [0.2, 0.25) is 4.93 Å². The Labute approximate surface area is 187 Å². The first kappa shape index (κ1) is 21.2. The molecule has 3 aromatic rings. The maximum absolute atomic E-state index is 13.4. The quantitative estimate of drug-likeness (QED) is 0.354. The maximum atomic E-state index is 13.4. The van der Waals surface area contributed by atoms with E-state index in [4.69, 9.17) is 9.47 Å². The monoisotopic (exact) mass is 431 g/mol. The van der Waals surface area contributed by atoms with Crippen molar-refractivity contribution in [1.29, 1.82) is 0 Å². The third kappa shape index (κ3) is 4.24. The Hall–Kier alpha value is -3.02. The van der Waals surface area contributed by atoms with Crippen molar-refractivity contribution in [1.82, 2.24) is 0 Å². The van der Waals surface area contributed by atoms with Gasteiger partial charge in [-0.25, -0.2) is 0 Å². The van der Waals surface area contributed by atoms with Crippen LogP contribution in [0.5, 0.6) is 5.75 Å². The minimum Gasteiger partial charge on any atom is -0.497 e. The lowest BCUT2D eigenvalue weighted by atomic mass is 9.94. The largest absolute Gasteiger partial charge is 0.497 e. The number of rotatable bonds is 8. The first-order valence-corrected chi connectivity index (χ1v) is 11.1. The van der Waals surface area contributed by atoms with E-state index in [2.05, 4.69) is 18.2 Å². The normalized spacial score (nSPS) is 20.6. The molecule has 0 aliphatic carbocycles. The number of methoxy groups -OCH3 is 2. The average molecular weight is 432 g/mol. The first-order valence-electron chi connectivity index (χ1n) is 10.1. The zero-order valence-electron chi connectivity index (χ0n) is 17.6. The van der Waals surface area contributed by atoms with Gasteiger partial charge >= 0.3 is 0 Å². The number of hydrogen-bond donors (Lipinski definition) is 0. The van der Waals surface area contributed by atoms with Crippen molar-refractivity contribution < 1.29 is 14.3 Å². The fraction of sp³-hybridized carbons (Fsp3) is 0.192. The van der Waals surface area contributed by atoms with Crippen LogP contribution in [0.2, 0.25) is 0 Å². The van der Waals surface area contributed by atoms with Crippen molar-refractivity contribution in [2.75, 3.05) is 19.1 Å². The van der Waals surface area contributed by atoms with Crippen LogP contribution >= 0.6 is 11.8 Å². The lowest BCUT2D eigenvalue weighted by Crippen LogP contribution is -2.72. The standard InChI is InChI=1S/C26H25NO3S/c1-29-23-16-14-22(15-17-23)27-24(18-13-20-9-5-3-6-10-20)26(30-2,25(27)28)31-19-21-11-7-4-8-12-21/h3-18,24H,19H2,1-2H3/b18-13+/t24-,26+/m1/s1. The van der Waals surface area contributed by atoms with Crippen LogP contribution in [-0.2, 0) is 15.3 Å². The van der Waals surface area contributed by atoms with E-state index < -0.39 is 4.93 Å². The first-order chi connectivity index (χ1) is 15.2. The van der Waals surface area contributed by atoms with Crippen molar-refractivity contribution in [2.24, 2.45) is 0 Å². The number of ether oxygens (including phenoxy) is 2. The molecule has 31 heavy (non-hydrogen) atoms. The van der Waals surface area contributed by atoms with E-state index in [1.54, 1.807) is 19.1 Å². The number of hydrogen-bond acceptors (Lipinski definition) is 4. The van der Waals surface area contributed by atoms with Crippen molar-refractivity contribution in [3.05, 3.63) is 102 Å². The van der Waals surface area contributed by atoms with Gasteiger partial charge in [0.25, 0.3) is 5.91 Å². The summed E-state index contributed by atoms with van der Waals surface area (Å²) in [5, 5.41) is 0. The molecule has 0 bridgehead atoms. The highest BCUT2D eigenvalue weighted by Gasteiger charge is 2.61. The molecule has 4 nitrogen and oxygen atoms in total. The van der Waals surface area contributed by atoms with E-state index in [1.807, 2.05) is 78.9 Å². The summed E-state index contributed by atoms with van der Waals surface area (Å²) >= 11 is 1.53. The predicted octanol–water partition coefficient (Wildman–Crippen LogP) is 5.40. The lowest BCUT2D eigenvalue weighted by molar-refractivity contribution is -0.141. The van der Waals surface area contributed by atoms with Gasteiger partial charge in [-0.3, -0.25) is 9.69 Å². The Balaban J connectivity index is 1.64. The second-order valence-corrected chi connectivity index (χ2v) is 8.42. The number of carbonyl (C=O) groups is 1. The Morgan fingerprint density at radius 3 is 2.19 bits per heavy atom. The topological polar surface area (TPSA) is 38.8 Å². The van der Waals surface area contributed by atoms with Crippen LogP contribution in [0.4, 0.5) is 5.69 Å². The minimum atomic E-state index is -0.971. The smallest absolute Gasteiger partial charge is 0.273 e. The highest BCUT2D eigenvalue weighted by molar-refractivity contribution is 8.00. The van der Waals surface area contributed by atoms with E-state index in [0.29, 0.717) is 5.75 Å². The molecule has 0 N–H and O–H groups in total. The summed E-state index contributed by atoms with van der Waals surface area (Å²) in [7, 11) is 3.25. The molecule has 0 spiro atoms. The van der Waals surface area contributed by atoms with Crippen LogP contribution in [0.15, 0.2) is 91.0 Å². The molecule has 5 heteroatoms. The predicted molar refractivity (Wildman–Crippen MR) is 127 cm³/mol. The van der Waals surface area contributed by atoms with Gasteiger partial charge in [0.1, 0.15) is 11.8 Å². The fourth-order valence-corrected chi connectivity index (χ4v) is 4.97. The molecule has 2 atom stereocenters. The third-order valence-electron chi connectivity index (χ3n) is 5.40. The van der Waals surface area contributed by atoms with E-state index in [0.717, 1.165) is 22.6 Å². The average Bonchev–Trinajstić information content (AvgIpc) is 2.83. The summed E-state index contributed by atoms with van der Waals surface area (Å²) in [6.45, 7) is 0. The fourth-order valence-electron chi connectivity index (χ4n) is 3.70. The summed E-state index contributed by atoms with van der Waals surface area (Å²) in [5.41, 5.74) is 3.06. The Kier molecular flexibility index (Phi) is 6.44. The molecule has 158 valence electrons. The number of carbonyl (C=O) groups excluding carboxylic acids is 1. The van der Waals surface area contributed by atoms with Gasteiger partial charge in [-0.1, -0.05) is 72.8 Å². The van der Waals surface area contributed by atoms with Crippen molar-refractivity contribution in [3.8, 4) is 5.75 Å². The summed E-state index contributed by atoms with van der Waals surface area (Å²) in [6, 6.07) is 27.5. The van der Waals surface area contributed by atoms with E-state index in [-0.39, 0.29) is 11.9 Å². The number of anilines is 1. The van der Waals surface area contributed by atoms with Gasteiger partial charge in [-0.15, -0.1) is 11.8 Å². The highest BCUT2D eigenvalue weighted by atomic mass is 32.2. The van der Waals surface area contributed by atoms with Gasteiger partial charge in [0.05, 0.1) is 7.11 Å². The second kappa shape index (κ2) is 9.41. The van der Waals surface area contributed by atoms with Gasteiger partial charge in [-0.2, -0.15) is 0 Å². The van der Waals surface area contributed by atoms with E-state index in [1.165, 1.54) is 11.8 Å². The summed E-state index contributed by atoms with van der Waals surface area (Å²) in [6.07, 6.45) is 4.10. The minimum absolute atomic E-state index is 0.0520. The van der Waals surface area contributed by atoms with Crippen LogP contribution in [0.3, 0.4) is 0 Å². The number of nitrogens with zero attached hydrogens (tertiary/aromatic N) is 1. The zero-order chi connectivity index (χ0) is 21.7. The van der Waals surface area contributed by atoms with Crippen LogP contribution < -0.4 is 9.64 Å². The maximum Gasteiger partial charge on any atom is 0.273 e. The van der Waals surface area contributed by atoms with Crippen LogP contribution in [0.25, 0.3) is 6.08 Å². The van der Waals surface area contributed by atoms with Crippen molar-refractivity contribution in [2.45, 2.75) is 16.7 Å². The van der Waals surface area contributed by atoms with Gasteiger partial charge in [0.15, 0.2) is 0 Å². The molecular formula is C26H25NO3S. The lowest BCUT2D eigenvalue weighted by Gasteiger charge is -2.53. The summed E-state index contributed by atoms with van der Waals surface area (Å²) < 4.78 is 11.2. The molecule has 1 aliphatic rings. The molecule has 0 unspecified atom stereocenters. The Morgan fingerprint density at radius 2 is 1.58 bits per heavy atom. The van der Waals surface area contributed by atoms with Crippen LogP contribution in [0, 0.1) is 0 Å². The molecule has 0 radical (unpaired) electrons. The second-order valence-electron chi connectivity index (χ2n) is 7.23. The van der Waals surface area contributed by atoms with Gasteiger partial charge in [0, 0.05) is 18.6 Å². The zero-order valence-corrected chi connectivity index (χ0v) is 18.4. The highest BCUT2D eigenvalue weighted by Crippen LogP contribution is 2.47. The van der Waals surface area contributed by atoms with Gasteiger partial charge in [-0.05, 0) is 35.4 Å². The summed E-state index contributed by atoms with van der Waals surface area (Å²) in [5.74, 6) is 1.39. The van der Waals surface area contributed by atoms with Crippen LogP contribution in [0.1, 0.15) is 11.1 Å². The Morgan fingerprint density at radius 1 is 0.935 bits per heavy atom. The molecule has 1 amide bonds. The number of amides is 1. The molecular weight excluding hydrogens is 406 g/mol. The number of β-lactam (4-membered cyclic amide) rings is 1. The molecule has 3 aromatic carbocycles. The molecule has 0 saturated carbocycles. The number of benzene rings is 3. The third-order valence-corrected chi connectivity index (χ3v) is 6.89.